The summed E-state index contributed by atoms with van der Waals surface area (Å²) in [4.78, 5) is 22.6. The molecule has 0 spiro atoms. The first-order chi connectivity index (χ1) is 8.63. The molecule has 1 aromatic heterocycles. The van der Waals surface area contributed by atoms with Crippen molar-refractivity contribution < 1.29 is 14.7 Å². The van der Waals surface area contributed by atoms with Crippen LogP contribution in [-0.2, 0) is 9.59 Å². The number of rotatable bonds is 8. The van der Waals surface area contributed by atoms with Gasteiger partial charge in [0.05, 0.1) is 9.96 Å². The standard InChI is InChI=1S/C12H17NO3S2/c1-2-3-5-9(12(15)16)13-10(14)8-18-11-6-4-7-17-11/h4,6-7,9H,2-3,5,8H2,1H3,(H,13,14)(H,15,16). The SMILES string of the molecule is CCCCC(NC(=O)CSc1cccs1)C(=O)O. The van der Waals surface area contributed by atoms with Gasteiger partial charge in [-0.15, -0.1) is 23.1 Å². The Balaban J connectivity index is 2.34. The van der Waals surface area contributed by atoms with Crippen LogP contribution in [0, 0.1) is 0 Å². The molecule has 0 saturated heterocycles. The molecule has 0 aliphatic rings. The Bertz CT molecular complexity index is 379. The van der Waals surface area contributed by atoms with Crippen LogP contribution in [0.3, 0.4) is 0 Å². The van der Waals surface area contributed by atoms with Gasteiger partial charge in [-0.2, -0.15) is 0 Å². The Kier molecular flexibility index (Phi) is 6.82. The zero-order valence-corrected chi connectivity index (χ0v) is 11.9. The second kappa shape index (κ2) is 8.16. The Morgan fingerprint density at radius 2 is 2.33 bits per heavy atom. The van der Waals surface area contributed by atoms with Crippen LogP contribution < -0.4 is 5.32 Å². The van der Waals surface area contributed by atoms with Crippen LogP contribution in [0.4, 0.5) is 0 Å². The van der Waals surface area contributed by atoms with Gasteiger partial charge in [-0.3, -0.25) is 4.79 Å². The van der Waals surface area contributed by atoms with Gasteiger partial charge in [-0.1, -0.05) is 25.8 Å². The molecule has 2 N–H and O–H groups in total. The maximum absolute atomic E-state index is 11.6. The second-order valence-electron chi connectivity index (χ2n) is 3.82. The summed E-state index contributed by atoms with van der Waals surface area (Å²) in [5.41, 5.74) is 0. The summed E-state index contributed by atoms with van der Waals surface area (Å²) in [7, 11) is 0. The van der Waals surface area contributed by atoms with Crippen LogP contribution in [0.25, 0.3) is 0 Å². The maximum atomic E-state index is 11.6. The van der Waals surface area contributed by atoms with Crippen molar-refractivity contribution in [3.8, 4) is 0 Å². The second-order valence-corrected chi connectivity index (χ2v) is 6.04. The van der Waals surface area contributed by atoms with E-state index in [2.05, 4.69) is 5.32 Å². The summed E-state index contributed by atoms with van der Waals surface area (Å²) in [6.45, 7) is 1.99. The third-order valence-corrected chi connectivity index (χ3v) is 4.45. The van der Waals surface area contributed by atoms with Crippen LogP contribution in [0.1, 0.15) is 26.2 Å². The van der Waals surface area contributed by atoms with Crippen molar-refractivity contribution in [3.05, 3.63) is 17.5 Å². The number of carboxylic acid groups (broad SMARTS) is 1. The third kappa shape index (κ3) is 5.55. The number of hydrogen-bond acceptors (Lipinski definition) is 4. The van der Waals surface area contributed by atoms with Gasteiger partial charge < -0.3 is 10.4 Å². The van der Waals surface area contributed by atoms with E-state index in [4.69, 9.17) is 5.11 Å². The summed E-state index contributed by atoms with van der Waals surface area (Å²) in [5.74, 6) is -0.925. The number of hydrogen-bond donors (Lipinski definition) is 2. The molecule has 0 aliphatic carbocycles. The highest BCUT2D eigenvalue weighted by Gasteiger charge is 2.18. The predicted molar refractivity (Wildman–Crippen MR) is 74.1 cm³/mol. The monoisotopic (exact) mass is 287 g/mol. The third-order valence-electron chi connectivity index (χ3n) is 2.32. The zero-order valence-electron chi connectivity index (χ0n) is 10.2. The number of nitrogens with one attached hydrogen (secondary N) is 1. The van der Waals surface area contributed by atoms with E-state index in [-0.39, 0.29) is 11.7 Å². The largest absolute Gasteiger partial charge is 0.480 e. The number of thioether (sulfide) groups is 1. The van der Waals surface area contributed by atoms with Crippen LogP contribution in [0.15, 0.2) is 21.7 Å². The van der Waals surface area contributed by atoms with Crippen molar-refractivity contribution in [2.45, 2.75) is 36.4 Å². The fourth-order valence-electron chi connectivity index (χ4n) is 1.38. The number of thiophene rings is 1. The smallest absolute Gasteiger partial charge is 0.326 e. The van der Waals surface area contributed by atoms with Crippen LogP contribution in [-0.4, -0.2) is 28.8 Å². The molecule has 6 heteroatoms. The molecule has 0 bridgehead atoms. The van der Waals surface area contributed by atoms with E-state index in [1.807, 2.05) is 24.4 Å². The minimum absolute atomic E-state index is 0.225. The lowest BCUT2D eigenvalue weighted by Crippen LogP contribution is -2.41. The van der Waals surface area contributed by atoms with Gasteiger partial charge in [-0.05, 0) is 17.9 Å². The average Bonchev–Trinajstić information content (AvgIpc) is 2.84. The van der Waals surface area contributed by atoms with E-state index in [9.17, 15) is 9.59 Å². The molecule has 1 unspecified atom stereocenters. The highest BCUT2D eigenvalue weighted by Crippen LogP contribution is 2.22. The summed E-state index contributed by atoms with van der Waals surface area (Å²) in [6, 6.07) is 3.10. The van der Waals surface area contributed by atoms with Crippen LogP contribution >= 0.6 is 23.1 Å². The normalized spacial score (nSPS) is 12.1. The van der Waals surface area contributed by atoms with E-state index in [0.717, 1.165) is 17.1 Å². The lowest BCUT2D eigenvalue weighted by atomic mass is 10.1. The molecule has 1 amide bonds. The summed E-state index contributed by atoms with van der Waals surface area (Å²) >= 11 is 3.00. The first-order valence-electron chi connectivity index (χ1n) is 5.82. The van der Waals surface area contributed by atoms with Gasteiger partial charge in [-0.25, -0.2) is 4.79 Å². The summed E-state index contributed by atoms with van der Waals surface area (Å²) < 4.78 is 1.06. The number of carboxylic acids is 1. The van der Waals surface area contributed by atoms with Crippen molar-refractivity contribution in [1.29, 1.82) is 0 Å². The minimum atomic E-state index is -0.960. The van der Waals surface area contributed by atoms with Crippen molar-refractivity contribution in [3.63, 3.8) is 0 Å². The van der Waals surface area contributed by atoms with E-state index in [1.165, 1.54) is 11.8 Å². The van der Waals surface area contributed by atoms with Crippen molar-refractivity contribution >= 4 is 35.0 Å². The molecule has 1 atom stereocenters. The molecule has 0 aliphatic heterocycles. The van der Waals surface area contributed by atoms with Gasteiger partial charge in [0.2, 0.25) is 5.91 Å². The molecule has 4 nitrogen and oxygen atoms in total. The van der Waals surface area contributed by atoms with Gasteiger partial charge >= 0.3 is 5.97 Å². The van der Waals surface area contributed by atoms with E-state index in [1.54, 1.807) is 11.3 Å². The lowest BCUT2D eigenvalue weighted by molar-refractivity contribution is -0.141. The number of amides is 1. The van der Waals surface area contributed by atoms with E-state index >= 15 is 0 Å². The first kappa shape index (κ1) is 15.0. The molecule has 0 radical (unpaired) electrons. The number of unbranched alkanes of at least 4 members (excludes halogenated alkanes) is 1. The highest BCUT2D eigenvalue weighted by atomic mass is 32.2. The molecule has 0 fully saturated rings. The number of carbonyl (C=O) groups excluding carboxylic acids is 1. The average molecular weight is 287 g/mol. The highest BCUT2D eigenvalue weighted by molar-refractivity contribution is 8.01. The number of carbonyl (C=O) groups is 2. The molecule has 0 saturated carbocycles. The van der Waals surface area contributed by atoms with Crippen LogP contribution in [0.5, 0.6) is 0 Å². The van der Waals surface area contributed by atoms with Gasteiger partial charge in [0, 0.05) is 0 Å². The quantitative estimate of drug-likeness (QED) is 0.721. The Morgan fingerprint density at radius 3 is 2.89 bits per heavy atom. The van der Waals surface area contributed by atoms with Crippen molar-refractivity contribution in [2.24, 2.45) is 0 Å². The fourth-order valence-corrected chi connectivity index (χ4v) is 2.98. The van der Waals surface area contributed by atoms with Crippen LogP contribution in [0.2, 0.25) is 0 Å². The molecule has 100 valence electrons. The summed E-state index contributed by atoms with van der Waals surface area (Å²) in [6.07, 6.45) is 2.21. The molecular weight excluding hydrogens is 270 g/mol. The van der Waals surface area contributed by atoms with Crippen molar-refractivity contribution in [1.82, 2.24) is 5.32 Å². The molecule has 0 aromatic carbocycles. The molecule has 18 heavy (non-hydrogen) atoms. The van der Waals surface area contributed by atoms with E-state index < -0.39 is 12.0 Å². The molecule has 1 aromatic rings. The molecular formula is C12H17NO3S2. The summed E-state index contributed by atoms with van der Waals surface area (Å²) in [5, 5.41) is 13.5. The topological polar surface area (TPSA) is 66.4 Å². The van der Waals surface area contributed by atoms with E-state index in [0.29, 0.717) is 6.42 Å². The van der Waals surface area contributed by atoms with Gasteiger partial charge in [0.1, 0.15) is 6.04 Å². The molecule has 1 rings (SSSR count). The Labute approximate surface area is 115 Å². The Hall–Kier alpha value is -1.01. The Morgan fingerprint density at radius 1 is 1.56 bits per heavy atom. The maximum Gasteiger partial charge on any atom is 0.326 e. The first-order valence-corrected chi connectivity index (χ1v) is 7.68. The van der Waals surface area contributed by atoms with Crippen molar-refractivity contribution in [2.75, 3.05) is 5.75 Å². The van der Waals surface area contributed by atoms with Gasteiger partial charge in [0.15, 0.2) is 0 Å². The minimum Gasteiger partial charge on any atom is -0.480 e. The molecule has 1 heterocycles. The van der Waals surface area contributed by atoms with Gasteiger partial charge in [0.25, 0.3) is 0 Å². The lowest BCUT2D eigenvalue weighted by Gasteiger charge is -2.13. The number of aliphatic carboxylic acids is 1. The zero-order chi connectivity index (χ0) is 13.4. The fraction of sp³-hybridized carbons (Fsp3) is 0.500. The predicted octanol–water partition coefficient (Wildman–Crippen LogP) is 2.60.